The summed E-state index contributed by atoms with van der Waals surface area (Å²) in [4.78, 5) is 17.8. The standard InChI is InChI=1S/C10H15N3O2S/c1-6(2)13(4-8(11)16)10(14)9-7(3)12-5-15-9/h5-6H,4H2,1-3H3,(H2,11,16). The number of rotatable bonds is 4. The third-order valence-corrected chi connectivity index (χ3v) is 2.28. The summed E-state index contributed by atoms with van der Waals surface area (Å²) in [7, 11) is 0. The molecule has 1 aromatic rings. The van der Waals surface area contributed by atoms with Gasteiger partial charge in [0, 0.05) is 6.04 Å². The molecule has 0 radical (unpaired) electrons. The van der Waals surface area contributed by atoms with Gasteiger partial charge in [-0.15, -0.1) is 0 Å². The first-order valence-corrected chi connectivity index (χ1v) is 5.33. The Morgan fingerprint density at radius 1 is 1.69 bits per heavy atom. The van der Waals surface area contributed by atoms with Gasteiger partial charge in [-0.05, 0) is 20.8 Å². The van der Waals surface area contributed by atoms with Crippen LogP contribution in [0.2, 0.25) is 0 Å². The molecule has 16 heavy (non-hydrogen) atoms. The first-order chi connectivity index (χ1) is 7.43. The molecule has 0 aliphatic rings. The van der Waals surface area contributed by atoms with Gasteiger partial charge in [0.2, 0.25) is 5.76 Å². The molecule has 0 aromatic carbocycles. The van der Waals surface area contributed by atoms with Crippen LogP contribution >= 0.6 is 12.2 Å². The summed E-state index contributed by atoms with van der Waals surface area (Å²) in [6.07, 6.45) is 1.25. The summed E-state index contributed by atoms with van der Waals surface area (Å²) in [6, 6.07) is -0.00139. The van der Waals surface area contributed by atoms with Crippen LogP contribution < -0.4 is 5.73 Å². The lowest BCUT2D eigenvalue weighted by Crippen LogP contribution is -2.42. The van der Waals surface area contributed by atoms with Crippen LogP contribution in [0.1, 0.15) is 30.1 Å². The highest BCUT2D eigenvalue weighted by Gasteiger charge is 2.23. The van der Waals surface area contributed by atoms with Crippen molar-refractivity contribution in [3.63, 3.8) is 0 Å². The monoisotopic (exact) mass is 241 g/mol. The van der Waals surface area contributed by atoms with E-state index in [1.54, 1.807) is 11.8 Å². The maximum Gasteiger partial charge on any atom is 0.292 e. The summed E-state index contributed by atoms with van der Waals surface area (Å²) in [5.41, 5.74) is 6.02. The van der Waals surface area contributed by atoms with Crippen LogP contribution in [-0.2, 0) is 0 Å². The Balaban J connectivity index is 2.92. The third-order valence-electron chi connectivity index (χ3n) is 2.15. The number of amides is 1. The lowest BCUT2D eigenvalue weighted by molar-refractivity contribution is 0.0703. The molecule has 1 aromatic heterocycles. The van der Waals surface area contributed by atoms with E-state index in [0.29, 0.717) is 5.69 Å². The number of hydrogen-bond acceptors (Lipinski definition) is 4. The van der Waals surface area contributed by atoms with Gasteiger partial charge < -0.3 is 15.1 Å². The molecule has 0 saturated heterocycles. The van der Waals surface area contributed by atoms with Crippen molar-refractivity contribution >= 4 is 23.1 Å². The van der Waals surface area contributed by atoms with Crippen LogP contribution in [0.3, 0.4) is 0 Å². The maximum atomic E-state index is 12.1. The van der Waals surface area contributed by atoms with Crippen molar-refractivity contribution in [1.82, 2.24) is 9.88 Å². The van der Waals surface area contributed by atoms with Gasteiger partial charge >= 0.3 is 0 Å². The molecule has 0 fully saturated rings. The normalized spacial score (nSPS) is 10.5. The van der Waals surface area contributed by atoms with E-state index in [2.05, 4.69) is 4.98 Å². The first kappa shape index (κ1) is 12.6. The Labute approximate surface area is 99.6 Å². The summed E-state index contributed by atoms with van der Waals surface area (Å²) < 4.78 is 5.05. The second kappa shape index (κ2) is 5.07. The number of oxazole rings is 1. The van der Waals surface area contributed by atoms with Crippen molar-refractivity contribution in [3.8, 4) is 0 Å². The Hall–Kier alpha value is -1.43. The lowest BCUT2D eigenvalue weighted by atomic mass is 10.2. The molecular weight excluding hydrogens is 226 g/mol. The van der Waals surface area contributed by atoms with E-state index in [1.807, 2.05) is 13.8 Å². The van der Waals surface area contributed by atoms with Crippen molar-refractivity contribution < 1.29 is 9.21 Å². The highest BCUT2D eigenvalue weighted by molar-refractivity contribution is 7.80. The van der Waals surface area contributed by atoms with E-state index >= 15 is 0 Å². The lowest BCUT2D eigenvalue weighted by Gasteiger charge is -2.25. The van der Waals surface area contributed by atoms with E-state index in [-0.39, 0.29) is 29.2 Å². The van der Waals surface area contributed by atoms with Gasteiger partial charge in [-0.1, -0.05) is 12.2 Å². The van der Waals surface area contributed by atoms with Crippen molar-refractivity contribution in [2.24, 2.45) is 5.73 Å². The van der Waals surface area contributed by atoms with Gasteiger partial charge in [-0.25, -0.2) is 4.98 Å². The molecule has 0 bridgehead atoms. The SMILES string of the molecule is Cc1ncoc1C(=O)N(CC(N)=S)C(C)C. The number of aryl methyl sites for hydroxylation is 1. The van der Waals surface area contributed by atoms with Gasteiger partial charge in [0.1, 0.15) is 0 Å². The third kappa shape index (κ3) is 2.79. The minimum Gasteiger partial charge on any atom is -0.438 e. The van der Waals surface area contributed by atoms with E-state index < -0.39 is 0 Å². The molecule has 0 spiro atoms. The molecule has 1 rings (SSSR count). The van der Waals surface area contributed by atoms with Gasteiger partial charge in [0.05, 0.1) is 17.2 Å². The Bertz CT molecular complexity index is 401. The predicted molar refractivity (Wildman–Crippen MR) is 64.2 cm³/mol. The number of carbonyl (C=O) groups is 1. The molecule has 88 valence electrons. The number of thiocarbonyl (C=S) groups is 1. The largest absolute Gasteiger partial charge is 0.438 e. The molecule has 0 saturated carbocycles. The smallest absolute Gasteiger partial charge is 0.292 e. The number of carbonyl (C=O) groups excluding carboxylic acids is 1. The molecule has 1 amide bonds. The quantitative estimate of drug-likeness (QED) is 0.800. The molecule has 6 heteroatoms. The van der Waals surface area contributed by atoms with Crippen molar-refractivity contribution in [2.45, 2.75) is 26.8 Å². The fourth-order valence-electron chi connectivity index (χ4n) is 1.29. The Morgan fingerprint density at radius 3 is 2.69 bits per heavy atom. The first-order valence-electron chi connectivity index (χ1n) is 4.92. The minimum absolute atomic E-state index is 0.00139. The summed E-state index contributed by atoms with van der Waals surface area (Å²) in [6.45, 7) is 5.74. The Morgan fingerprint density at radius 2 is 2.31 bits per heavy atom. The van der Waals surface area contributed by atoms with Crippen molar-refractivity contribution in [2.75, 3.05) is 6.54 Å². The molecule has 5 nitrogen and oxygen atoms in total. The number of nitrogens with zero attached hydrogens (tertiary/aromatic N) is 2. The molecule has 0 unspecified atom stereocenters. The van der Waals surface area contributed by atoms with Crippen LogP contribution in [0, 0.1) is 6.92 Å². The van der Waals surface area contributed by atoms with Crippen LogP contribution in [-0.4, -0.2) is 33.4 Å². The highest BCUT2D eigenvalue weighted by atomic mass is 32.1. The van der Waals surface area contributed by atoms with Crippen LogP contribution in [0.25, 0.3) is 0 Å². The average Bonchev–Trinajstić information content (AvgIpc) is 2.59. The number of aromatic nitrogens is 1. The van der Waals surface area contributed by atoms with Gasteiger partial charge in [0.15, 0.2) is 6.39 Å². The summed E-state index contributed by atoms with van der Waals surface area (Å²) in [5, 5.41) is 0. The van der Waals surface area contributed by atoms with E-state index in [1.165, 1.54) is 6.39 Å². The van der Waals surface area contributed by atoms with Crippen molar-refractivity contribution in [1.29, 1.82) is 0 Å². The zero-order valence-electron chi connectivity index (χ0n) is 9.56. The topological polar surface area (TPSA) is 72.4 Å². The van der Waals surface area contributed by atoms with E-state index in [9.17, 15) is 4.79 Å². The zero-order chi connectivity index (χ0) is 12.3. The summed E-state index contributed by atoms with van der Waals surface area (Å²) >= 11 is 4.81. The van der Waals surface area contributed by atoms with Gasteiger partial charge in [0.25, 0.3) is 5.91 Å². The second-order valence-corrected chi connectivity index (χ2v) is 4.28. The molecule has 0 aliphatic heterocycles. The second-order valence-electron chi connectivity index (χ2n) is 3.76. The predicted octanol–water partition coefficient (Wildman–Crippen LogP) is 1.12. The zero-order valence-corrected chi connectivity index (χ0v) is 10.4. The molecule has 2 N–H and O–H groups in total. The van der Waals surface area contributed by atoms with Crippen LogP contribution in [0.5, 0.6) is 0 Å². The highest BCUT2D eigenvalue weighted by Crippen LogP contribution is 2.11. The fourth-order valence-corrected chi connectivity index (χ4v) is 1.43. The summed E-state index contributed by atoms with van der Waals surface area (Å²) in [5.74, 6) is 0.00255. The van der Waals surface area contributed by atoms with Crippen LogP contribution in [0.4, 0.5) is 0 Å². The Kier molecular flexibility index (Phi) is 4.00. The van der Waals surface area contributed by atoms with Crippen LogP contribution in [0.15, 0.2) is 10.8 Å². The molecule has 1 heterocycles. The van der Waals surface area contributed by atoms with Gasteiger partial charge in [-0.2, -0.15) is 0 Å². The fraction of sp³-hybridized carbons (Fsp3) is 0.500. The number of nitrogens with two attached hydrogens (primary N) is 1. The molecule has 0 aliphatic carbocycles. The van der Waals surface area contributed by atoms with Crippen molar-refractivity contribution in [3.05, 3.63) is 17.8 Å². The number of hydrogen-bond donors (Lipinski definition) is 1. The average molecular weight is 241 g/mol. The van der Waals surface area contributed by atoms with E-state index in [0.717, 1.165) is 0 Å². The molecule has 0 atom stereocenters. The molecular formula is C10H15N3O2S. The maximum absolute atomic E-state index is 12.1. The van der Waals surface area contributed by atoms with Gasteiger partial charge in [-0.3, -0.25) is 4.79 Å². The van der Waals surface area contributed by atoms with E-state index in [4.69, 9.17) is 22.4 Å². The minimum atomic E-state index is -0.238.